The van der Waals surface area contributed by atoms with E-state index < -0.39 is 0 Å². The number of benzene rings is 1. The van der Waals surface area contributed by atoms with Gasteiger partial charge in [0.25, 0.3) is 5.56 Å². The highest BCUT2D eigenvalue weighted by atomic mass is 16.5. The zero-order valence-electron chi connectivity index (χ0n) is 15.8. The summed E-state index contributed by atoms with van der Waals surface area (Å²) < 4.78 is 7.93. The average Bonchev–Trinajstić information content (AvgIpc) is 2.66. The van der Waals surface area contributed by atoms with Gasteiger partial charge in [0.05, 0.1) is 18.8 Å². The summed E-state index contributed by atoms with van der Waals surface area (Å²) in [6, 6.07) is 14.2. The highest BCUT2D eigenvalue weighted by molar-refractivity contribution is 5.20. The van der Waals surface area contributed by atoms with E-state index >= 15 is 0 Å². The molecule has 0 bridgehead atoms. The van der Waals surface area contributed by atoms with Gasteiger partial charge >= 0.3 is 0 Å². The molecule has 2 N–H and O–H groups in total. The first-order valence-corrected chi connectivity index (χ1v) is 9.66. The SMILES string of the molecule is Cc1cccn([C@H](CO[C@H]2CC[C@@H](c3ccccc3)CC2)[C@@H](C)N)c1=O. The summed E-state index contributed by atoms with van der Waals surface area (Å²) in [5.41, 5.74) is 8.35. The van der Waals surface area contributed by atoms with Gasteiger partial charge in [0.15, 0.2) is 0 Å². The molecule has 140 valence electrons. The summed E-state index contributed by atoms with van der Waals surface area (Å²) >= 11 is 0. The van der Waals surface area contributed by atoms with Gasteiger partial charge in [-0.3, -0.25) is 4.79 Å². The largest absolute Gasteiger partial charge is 0.376 e. The molecule has 0 saturated heterocycles. The van der Waals surface area contributed by atoms with E-state index in [-0.39, 0.29) is 23.7 Å². The number of nitrogens with zero attached hydrogens (tertiary/aromatic N) is 1. The van der Waals surface area contributed by atoms with Crippen molar-refractivity contribution in [3.8, 4) is 0 Å². The zero-order valence-corrected chi connectivity index (χ0v) is 15.8. The number of pyridine rings is 1. The van der Waals surface area contributed by atoms with E-state index in [1.807, 2.05) is 32.2 Å². The number of aromatic nitrogens is 1. The fourth-order valence-electron chi connectivity index (χ4n) is 3.89. The lowest BCUT2D eigenvalue weighted by Gasteiger charge is -2.31. The lowest BCUT2D eigenvalue weighted by molar-refractivity contribution is 0.00325. The summed E-state index contributed by atoms with van der Waals surface area (Å²) in [4.78, 5) is 12.4. The predicted octanol–water partition coefficient (Wildman–Crippen LogP) is 3.79. The molecule has 0 amide bonds. The third-order valence-electron chi connectivity index (χ3n) is 5.58. The van der Waals surface area contributed by atoms with Crippen LogP contribution in [0.2, 0.25) is 0 Å². The van der Waals surface area contributed by atoms with Crippen molar-refractivity contribution in [2.45, 2.75) is 63.6 Å². The molecule has 1 heterocycles. The van der Waals surface area contributed by atoms with Crippen LogP contribution < -0.4 is 11.3 Å². The maximum Gasteiger partial charge on any atom is 0.253 e. The van der Waals surface area contributed by atoms with Gasteiger partial charge in [0, 0.05) is 17.8 Å². The van der Waals surface area contributed by atoms with Gasteiger partial charge in [0.1, 0.15) is 0 Å². The lowest BCUT2D eigenvalue weighted by atomic mass is 9.83. The minimum atomic E-state index is -0.143. The molecule has 0 aliphatic heterocycles. The first-order chi connectivity index (χ1) is 12.6. The van der Waals surface area contributed by atoms with E-state index in [4.69, 9.17) is 10.5 Å². The van der Waals surface area contributed by atoms with E-state index in [0.717, 1.165) is 31.2 Å². The molecule has 0 spiro atoms. The topological polar surface area (TPSA) is 57.2 Å². The van der Waals surface area contributed by atoms with E-state index in [0.29, 0.717) is 12.5 Å². The van der Waals surface area contributed by atoms with Gasteiger partial charge < -0.3 is 15.0 Å². The predicted molar refractivity (Wildman–Crippen MR) is 106 cm³/mol. The Bertz CT molecular complexity index is 746. The van der Waals surface area contributed by atoms with E-state index in [1.54, 1.807) is 4.57 Å². The highest BCUT2D eigenvalue weighted by Gasteiger charge is 2.25. The number of rotatable bonds is 6. The molecule has 4 nitrogen and oxygen atoms in total. The second kappa shape index (κ2) is 8.65. The van der Waals surface area contributed by atoms with Crippen LogP contribution in [0, 0.1) is 6.92 Å². The number of hydrogen-bond donors (Lipinski definition) is 1. The van der Waals surface area contributed by atoms with Gasteiger partial charge in [-0.05, 0) is 57.1 Å². The summed E-state index contributed by atoms with van der Waals surface area (Å²) in [5, 5.41) is 0. The normalized spacial score (nSPS) is 22.7. The summed E-state index contributed by atoms with van der Waals surface area (Å²) in [5.74, 6) is 0.639. The Balaban J connectivity index is 1.58. The summed E-state index contributed by atoms with van der Waals surface area (Å²) in [6.07, 6.45) is 6.52. The number of nitrogens with two attached hydrogens (primary N) is 1. The molecule has 3 rings (SSSR count). The highest BCUT2D eigenvalue weighted by Crippen LogP contribution is 2.34. The van der Waals surface area contributed by atoms with E-state index in [1.165, 1.54) is 5.56 Å². The van der Waals surface area contributed by atoms with Crippen LogP contribution in [-0.4, -0.2) is 23.3 Å². The molecule has 1 aromatic heterocycles. The number of aryl methyl sites for hydroxylation is 1. The van der Waals surface area contributed by atoms with Crippen molar-refractivity contribution in [2.75, 3.05) is 6.61 Å². The molecule has 0 unspecified atom stereocenters. The van der Waals surface area contributed by atoms with Crippen molar-refractivity contribution >= 4 is 0 Å². The third-order valence-corrected chi connectivity index (χ3v) is 5.58. The maximum absolute atomic E-state index is 12.4. The minimum Gasteiger partial charge on any atom is -0.376 e. The van der Waals surface area contributed by atoms with Crippen LogP contribution in [0.25, 0.3) is 0 Å². The third kappa shape index (κ3) is 4.43. The molecule has 26 heavy (non-hydrogen) atoms. The standard InChI is InChI=1S/C22H30N2O2/c1-16-7-6-14-24(22(16)25)21(17(2)23)15-26-20-12-10-19(11-13-20)18-8-4-3-5-9-18/h3-9,14,17,19-21H,10-13,15,23H2,1-2H3/t17-,19-,20+,21-/m1/s1. The fourth-order valence-corrected chi connectivity index (χ4v) is 3.89. The summed E-state index contributed by atoms with van der Waals surface area (Å²) in [7, 11) is 0. The van der Waals surface area contributed by atoms with Crippen LogP contribution in [0.4, 0.5) is 0 Å². The van der Waals surface area contributed by atoms with Crippen LogP contribution in [0.15, 0.2) is 53.5 Å². The molecular formula is C22H30N2O2. The van der Waals surface area contributed by atoms with Crippen LogP contribution in [0.5, 0.6) is 0 Å². The molecule has 1 saturated carbocycles. The monoisotopic (exact) mass is 354 g/mol. The first kappa shape index (κ1) is 18.9. The zero-order chi connectivity index (χ0) is 18.5. The summed E-state index contributed by atoms with van der Waals surface area (Å²) in [6.45, 7) is 4.26. The molecule has 1 aromatic carbocycles. The molecule has 1 aliphatic rings. The van der Waals surface area contributed by atoms with Crippen molar-refractivity contribution in [3.63, 3.8) is 0 Å². The molecule has 1 fully saturated rings. The van der Waals surface area contributed by atoms with Crippen LogP contribution in [0.3, 0.4) is 0 Å². The average molecular weight is 354 g/mol. The molecule has 4 heteroatoms. The van der Waals surface area contributed by atoms with Crippen molar-refractivity contribution in [2.24, 2.45) is 5.73 Å². The lowest BCUT2D eigenvalue weighted by Crippen LogP contribution is -2.39. The van der Waals surface area contributed by atoms with Crippen LogP contribution in [0.1, 0.15) is 55.7 Å². The van der Waals surface area contributed by atoms with Gasteiger partial charge in [-0.15, -0.1) is 0 Å². The molecular weight excluding hydrogens is 324 g/mol. The van der Waals surface area contributed by atoms with Gasteiger partial charge in [0.2, 0.25) is 0 Å². The van der Waals surface area contributed by atoms with Crippen molar-refractivity contribution in [3.05, 3.63) is 70.1 Å². The Hall–Kier alpha value is -1.91. The van der Waals surface area contributed by atoms with Crippen molar-refractivity contribution < 1.29 is 4.74 Å². The van der Waals surface area contributed by atoms with E-state index in [9.17, 15) is 4.79 Å². The fraction of sp³-hybridized carbons (Fsp3) is 0.500. The Labute approximate surface area is 156 Å². The van der Waals surface area contributed by atoms with Crippen LogP contribution in [-0.2, 0) is 4.74 Å². The minimum absolute atomic E-state index is 0.0196. The first-order valence-electron chi connectivity index (χ1n) is 9.66. The molecule has 2 aromatic rings. The Kier molecular flexibility index (Phi) is 6.28. The quantitative estimate of drug-likeness (QED) is 0.859. The van der Waals surface area contributed by atoms with Gasteiger partial charge in [-0.2, -0.15) is 0 Å². The Morgan fingerprint density at radius 1 is 1.12 bits per heavy atom. The maximum atomic E-state index is 12.4. The Morgan fingerprint density at radius 3 is 2.46 bits per heavy atom. The second-order valence-corrected chi connectivity index (χ2v) is 7.55. The molecule has 0 radical (unpaired) electrons. The number of hydrogen-bond acceptors (Lipinski definition) is 3. The number of ether oxygens (including phenoxy) is 1. The van der Waals surface area contributed by atoms with Crippen molar-refractivity contribution in [1.29, 1.82) is 0 Å². The van der Waals surface area contributed by atoms with Crippen molar-refractivity contribution in [1.82, 2.24) is 4.57 Å². The molecule has 2 atom stereocenters. The van der Waals surface area contributed by atoms with E-state index in [2.05, 4.69) is 30.3 Å². The van der Waals surface area contributed by atoms with Gasteiger partial charge in [-0.1, -0.05) is 36.4 Å². The second-order valence-electron chi connectivity index (χ2n) is 7.55. The van der Waals surface area contributed by atoms with Gasteiger partial charge in [-0.25, -0.2) is 0 Å². The Morgan fingerprint density at radius 2 is 1.81 bits per heavy atom. The van der Waals surface area contributed by atoms with Crippen LogP contribution >= 0.6 is 0 Å². The molecule has 1 aliphatic carbocycles. The smallest absolute Gasteiger partial charge is 0.253 e.